The number of rotatable bonds is 5. The van der Waals surface area contributed by atoms with Crippen molar-refractivity contribution in [2.75, 3.05) is 30.4 Å². The highest BCUT2D eigenvalue weighted by atomic mass is 15.3. The molecule has 2 rings (SSSR count). The number of nitrogens with one attached hydrogen (secondary N) is 2. The zero-order valence-corrected chi connectivity index (χ0v) is 13.6. The van der Waals surface area contributed by atoms with Crippen molar-refractivity contribution >= 4 is 11.6 Å². The summed E-state index contributed by atoms with van der Waals surface area (Å²) in [6.07, 6.45) is 2.63. The van der Waals surface area contributed by atoms with Crippen molar-refractivity contribution in [3.05, 3.63) is 11.9 Å². The molecular weight excluding hydrogens is 264 g/mol. The number of nitrogens with two attached hydrogens (primary N) is 1. The Balaban J connectivity index is 2.04. The predicted molar refractivity (Wildman–Crippen MR) is 87.3 cm³/mol. The van der Waals surface area contributed by atoms with E-state index in [1.807, 2.05) is 6.07 Å². The number of aromatic nitrogens is 2. The zero-order chi connectivity index (χ0) is 15.5. The molecule has 4 N–H and O–H groups in total. The fourth-order valence-electron chi connectivity index (χ4n) is 2.51. The maximum absolute atomic E-state index is 5.51. The van der Waals surface area contributed by atoms with Crippen LogP contribution >= 0.6 is 0 Å². The van der Waals surface area contributed by atoms with Crippen molar-refractivity contribution in [3.63, 3.8) is 0 Å². The molecule has 1 aliphatic heterocycles. The summed E-state index contributed by atoms with van der Waals surface area (Å²) in [5, 5.41) is 3.42. The first-order valence-electron chi connectivity index (χ1n) is 7.74. The van der Waals surface area contributed by atoms with Gasteiger partial charge in [0.15, 0.2) is 0 Å². The number of anilines is 2. The first kappa shape index (κ1) is 16.0. The smallest absolute Gasteiger partial charge is 0.145 e. The van der Waals surface area contributed by atoms with Gasteiger partial charge in [0.2, 0.25) is 0 Å². The molecule has 0 bridgehead atoms. The van der Waals surface area contributed by atoms with E-state index in [0.717, 1.165) is 18.2 Å². The quantitative estimate of drug-likeness (QED) is 0.569. The molecule has 0 amide bonds. The minimum Gasteiger partial charge on any atom is -0.368 e. The first-order valence-corrected chi connectivity index (χ1v) is 7.74. The molecule has 21 heavy (non-hydrogen) atoms. The minimum atomic E-state index is -0.107. The predicted octanol–water partition coefficient (Wildman–Crippen LogP) is 1.96. The van der Waals surface area contributed by atoms with Crippen molar-refractivity contribution in [1.29, 1.82) is 0 Å². The van der Waals surface area contributed by atoms with Crippen LogP contribution in [0, 0.1) is 0 Å². The van der Waals surface area contributed by atoms with Gasteiger partial charge in [-0.15, -0.1) is 0 Å². The Morgan fingerprint density at radius 2 is 1.86 bits per heavy atom. The lowest BCUT2D eigenvalue weighted by Crippen LogP contribution is -2.35. The topological polar surface area (TPSA) is 79.1 Å². The van der Waals surface area contributed by atoms with Gasteiger partial charge < -0.3 is 10.7 Å². The van der Waals surface area contributed by atoms with Crippen LogP contribution in [-0.2, 0) is 5.41 Å². The summed E-state index contributed by atoms with van der Waals surface area (Å²) in [6.45, 7) is 11.8. The Labute approximate surface area is 127 Å². The summed E-state index contributed by atoms with van der Waals surface area (Å²) < 4.78 is 0. The molecule has 0 aliphatic carbocycles. The van der Waals surface area contributed by atoms with E-state index in [-0.39, 0.29) is 5.41 Å². The summed E-state index contributed by atoms with van der Waals surface area (Å²) in [5.41, 5.74) is 2.51. The van der Waals surface area contributed by atoms with Gasteiger partial charge in [0.1, 0.15) is 17.5 Å². The van der Waals surface area contributed by atoms with Gasteiger partial charge >= 0.3 is 0 Å². The third-order valence-electron chi connectivity index (χ3n) is 3.89. The Morgan fingerprint density at radius 1 is 1.24 bits per heavy atom. The lowest BCUT2D eigenvalue weighted by molar-refractivity contribution is 0.269. The SMILES string of the molecule is CC(CNc1cc(NN)nc(C(C)(C)C)n1)N1CCCC1. The van der Waals surface area contributed by atoms with Crippen molar-refractivity contribution in [2.24, 2.45) is 5.84 Å². The second-order valence-electron chi connectivity index (χ2n) is 6.83. The largest absolute Gasteiger partial charge is 0.368 e. The lowest BCUT2D eigenvalue weighted by Gasteiger charge is -2.24. The molecule has 6 heteroatoms. The molecule has 1 aliphatic rings. The number of hydrazine groups is 1. The molecule has 2 heterocycles. The molecule has 6 nitrogen and oxygen atoms in total. The molecule has 1 unspecified atom stereocenters. The van der Waals surface area contributed by atoms with Crippen LogP contribution in [0.5, 0.6) is 0 Å². The molecule has 118 valence electrons. The summed E-state index contributed by atoms with van der Waals surface area (Å²) in [6, 6.07) is 2.36. The Morgan fingerprint density at radius 3 is 2.43 bits per heavy atom. The number of likely N-dealkylation sites (tertiary alicyclic amines) is 1. The van der Waals surface area contributed by atoms with Crippen LogP contribution in [0.3, 0.4) is 0 Å². The van der Waals surface area contributed by atoms with Gasteiger partial charge in [-0.1, -0.05) is 20.8 Å². The maximum atomic E-state index is 5.51. The molecule has 1 saturated heterocycles. The van der Waals surface area contributed by atoms with Crippen LogP contribution in [0.4, 0.5) is 11.6 Å². The average molecular weight is 292 g/mol. The fraction of sp³-hybridized carbons (Fsp3) is 0.733. The normalized spacial score (nSPS) is 17.8. The number of nitrogen functional groups attached to an aromatic ring is 1. The van der Waals surface area contributed by atoms with Crippen LogP contribution in [0.2, 0.25) is 0 Å². The van der Waals surface area contributed by atoms with Crippen LogP contribution < -0.4 is 16.6 Å². The standard InChI is InChI=1S/C15H28N6/c1-11(21-7-5-6-8-21)10-17-12-9-13(20-16)19-14(18-12)15(2,3)4/h9,11H,5-8,10,16H2,1-4H3,(H2,17,18,19,20). The van der Waals surface area contributed by atoms with Gasteiger partial charge in [-0.3, -0.25) is 4.90 Å². The van der Waals surface area contributed by atoms with Gasteiger partial charge in [0.05, 0.1) is 0 Å². The van der Waals surface area contributed by atoms with E-state index in [1.54, 1.807) is 0 Å². The van der Waals surface area contributed by atoms with Gasteiger partial charge in [-0.25, -0.2) is 15.8 Å². The van der Waals surface area contributed by atoms with E-state index in [4.69, 9.17) is 5.84 Å². The molecule has 1 atom stereocenters. The van der Waals surface area contributed by atoms with E-state index in [1.165, 1.54) is 25.9 Å². The van der Waals surface area contributed by atoms with E-state index in [2.05, 4.69) is 53.3 Å². The second-order valence-corrected chi connectivity index (χ2v) is 6.83. The summed E-state index contributed by atoms with van der Waals surface area (Å²) in [5.74, 6) is 7.77. The number of hydrogen-bond acceptors (Lipinski definition) is 6. The van der Waals surface area contributed by atoms with Crippen LogP contribution in [-0.4, -0.2) is 40.5 Å². The first-order chi connectivity index (χ1) is 9.90. The molecule has 0 radical (unpaired) electrons. The fourth-order valence-corrected chi connectivity index (χ4v) is 2.51. The number of hydrogen-bond donors (Lipinski definition) is 3. The van der Waals surface area contributed by atoms with Crippen molar-refractivity contribution < 1.29 is 0 Å². The van der Waals surface area contributed by atoms with Crippen molar-refractivity contribution in [1.82, 2.24) is 14.9 Å². The highest BCUT2D eigenvalue weighted by molar-refractivity contribution is 5.47. The van der Waals surface area contributed by atoms with E-state index in [0.29, 0.717) is 11.9 Å². The Bertz CT molecular complexity index is 462. The van der Waals surface area contributed by atoms with Crippen LogP contribution in [0.1, 0.15) is 46.4 Å². The molecule has 1 aromatic heterocycles. The van der Waals surface area contributed by atoms with Crippen LogP contribution in [0.15, 0.2) is 6.07 Å². The Kier molecular flexibility index (Phi) is 5.00. The highest BCUT2D eigenvalue weighted by Gasteiger charge is 2.20. The highest BCUT2D eigenvalue weighted by Crippen LogP contribution is 2.22. The molecule has 1 aromatic rings. The average Bonchev–Trinajstić information content (AvgIpc) is 2.97. The van der Waals surface area contributed by atoms with E-state index in [9.17, 15) is 0 Å². The third-order valence-corrected chi connectivity index (χ3v) is 3.89. The van der Waals surface area contributed by atoms with E-state index >= 15 is 0 Å². The van der Waals surface area contributed by atoms with Gasteiger partial charge in [0.25, 0.3) is 0 Å². The monoisotopic (exact) mass is 292 g/mol. The molecule has 0 aromatic carbocycles. The summed E-state index contributed by atoms with van der Waals surface area (Å²) in [4.78, 5) is 11.6. The van der Waals surface area contributed by atoms with E-state index < -0.39 is 0 Å². The van der Waals surface area contributed by atoms with Crippen LogP contribution in [0.25, 0.3) is 0 Å². The van der Waals surface area contributed by atoms with Crippen molar-refractivity contribution in [3.8, 4) is 0 Å². The minimum absolute atomic E-state index is 0.107. The molecule has 1 fully saturated rings. The Hall–Kier alpha value is -1.40. The number of nitrogens with zero attached hydrogens (tertiary/aromatic N) is 3. The van der Waals surface area contributed by atoms with Crippen molar-refractivity contribution in [2.45, 2.75) is 52.0 Å². The lowest BCUT2D eigenvalue weighted by atomic mass is 9.96. The third kappa shape index (κ3) is 4.28. The van der Waals surface area contributed by atoms with Gasteiger partial charge in [-0.05, 0) is 32.9 Å². The molecule has 0 spiro atoms. The molecular formula is C15H28N6. The zero-order valence-electron chi connectivity index (χ0n) is 13.6. The summed E-state index contributed by atoms with van der Waals surface area (Å²) >= 11 is 0. The maximum Gasteiger partial charge on any atom is 0.145 e. The van der Waals surface area contributed by atoms with Gasteiger partial charge in [0, 0.05) is 24.1 Å². The summed E-state index contributed by atoms with van der Waals surface area (Å²) in [7, 11) is 0. The molecule has 0 saturated carbocycles. The second kappa shape index (κ2) is 6.58. The van der Waals surface area contributed by atoms with Gasteiger partial charge in [-0.2, -0.15) is 0 Å².